The lowest BCUT2D eigenvalue weighted by atomic mass is 10.1. The molecule has 0 spiro atoms. The summed E-state index contributed by atoms with van der Waals surface area (Å²) in [4.78, 5) is 4.52. The summed E-state index contributed by atoms with van der Waals surface area (Å²) in [5.74, 6) is 0.476. The lowest BCUT2D eigenvalue weighted by Gasteiger charge is -2.07. The Kier molecular flexibility index (Phi) is 5.24. The molecule has 0 saturated carbocycles. The largest absolute Gasteiger partial charge is 0.489 e. The third-order valence-corrected chi connectivity index (χ3v) is 4.01. The first-order valence-corrected chi connectivity index (χ1v) is 8.19. The molecule has 0 N–H and O–H groups in total. The maximum atomic E-state index is 13.2. The smallest absolute Gasteiger partial charge is 0.123 e. The van der Waals surface area contributed by atoms with Crippen molar-refractivity contribution in [1.29, 1.82) is 0 Å². The second-order valence-electron chi connectivity index (χ2n) is 6.02. The van der Waals surface area contributed by atoms with Gasteiger partial charge in [0.2, 0.25) is 0 Å². The molecular formula is C22H20FNO. The third kappa shape index (κ3) is 4.77. The first kappa shape index (κ1) is 16.9. The van der Waals surface area contributed by atoms with Crippen molar-refractivity contribution >= 4 is 11.9 Å². The Morgan fingerprint density at radius 2 is 1.76 bits per heavy atom. The van der Waals surface area contributed by atoms with E-state index in [0.717, 1.165) is 22.6 Å². The van der Waals surface area contributed by atoms with Gasteiger partial charge in [0.05, 0.1) is 5.69 Å². The van der Waals surface area contributed by atoms with Crippen molar-refractivity contribution in [3.8, 4) is 5.75 Å². The fraction of sp³-hybridized carbons (Fsp3) is 0.136. The standard InChI is InChI=1S/C22H20FNO/c1-16-9-10-21(11-17(16)2)24-14-18-5-4-8-22(13-18)25-15-19-6-3-7-20(23)12-19/h3-14H,15H2,1-2H3. The average molecular weight is 333 g/mol. The molecule has 126 valence electrons. The number of hydrogen-bond acceptors (Lipinski definition) is 2. The van der Waals surface area contributed by atoms with Crippen molar-refractivity contribution in [1.82, 2.24) is 0 Å². The zero-order valence-electron chi connectivity index (χ0n) is 14.4. The summed E-state index contributed by atoms with van der Waals surface area (Å²) in [6.45, 7) is 4.49. The van der Waals surface area contributed by atoms with Crippen LogP contribution in [-0.4, -0.2) is 6.21 Å². The Labute approximate surface area is 147 Å². The van der Waals surface area contributed by atoms with Gasteiger partial charge >= 0.3 is 0 Å². The average Bonchev–Trinajstić information content (AvgIpc) is 2.61. The van der Waals surface area contributed by atoms with E-state index in [1.807, 2.05) is 42.6 Å². The minimum absolute atomic E-state index is 0.254. The van der Waals surface area contributed by atoms with E-state index in [0.29, 0.717) is 6.61 Å². The van der Waals surface area contributed by atoms with Gasteiger partial charge in [-0.25, -0.2) is 4.39 Å². The van der Waals surface area contributed by atoms with Crippen molar-refractivity contribution in [3.63, 3.8) is 0 Å². The number of rotatable bonds is 5. The first-order chi connectivity index (χ1) is 12.1. The highest BCUT2D eigenvalue weighted by Gasteiger charge is 1.99. The number of aliphatic imine (C=N–C) groups is 1. The summed E-state index contributed by atoms with van der Waals surface area (Å²) in [7, 11) is 0. The minimum atomic E-state index is -0.254. The SMILES string of the molecule is Cc1ccc(N=Cc2cccc(OCc3cccc(F)c3)c2)cc1C. The van der Waals surface area contributed by atoms with Crippen LogP contribution >= 0.6 is 0 Å². The quantitative estimate of drug-likeness (QED) is 0.543. The van der Waals surface area contributed by atoms with Crippen molar-refractivity contribution < 1.29 is 9.13 Å². The molecule has 3 aromatic rings. The number of ether oxygens (including phenoxy) is 1. The Bertz CT molecular complexity index is 902. The molecule has 0 heterocycles. The van der Waals surface area contributed by atoms with Crippen LogP contribution in [-0.2, 0) is 6.61 Å². The van der Waals surface area contributed by atoms with Gasteiger partial charge in [-0.1, -0.05) is 30.3 Å². The van der Waals surface area contributed by atoms with E-state index in [1.54, 1.807) is 6.07 Å². The van der Waals surface area contributed by atoms with Crippen LogP contribution in [0.3, 0.4) is 0 Å². The van der Waals surface area contributed by atoms with E-state index < -0.39 is 0 Å². The van der Waals surface area contributed by atoms with Gasteiger partial charge in [-0.15, -0.1) is 0 Å². The van der Waals surface area contributed by atoms with E-state index in [1.165, 1.54) is 23.3 Å². The van der Waals surface area contributed by atoms with E-state index in [2.05, 4.69) is 31.0 Å². The summed E-state index contributed by atoms with van der Waals surface area (Å²) in [6.07, 6.45) is 1.82. The monoisotopic (exact) mass is 333 g/mol. The van der Waals surface area contributed by atoms with E-state index in [4.69, 9.17) is 4.74 Å². The fourth-order valence-corrected chi connectivity index (χ4v) is 2.43. The molecule has 0 unspecified atom stereocenters. The maximum Gasteiger partial charge on any atom is 0.123 e. The summed E-state index contributed by atoms with van der Waals surface area (Å²) in [5, 5.41) is 0. The van der Waals surface area contributed by atoms with Gasteiger partial charge in [-0.2, -0.15) is 0 Å². The van der Waals surface area contributed by atoms with Crippen LogP contribution in [0.25, 0.3) is 0 Å². The zero-order valence-corrected chi connectivity index (χ0v) is 14.4. The van der Waals surface area contributed by atoms with E-state index in [-0.39, 0.29) is 5.82 Å². The molecule has 0 aliphatic heterocycles. The van der Waals surface area contributed by atoms with Crippen molar-refractivity contribution in [2.75, 3.05) is 0 Å². The predicted molar refractivity (Wildman–Crippen MR) is 100 cm³/mol. The lowest BCUT2D eigenvalue weighted by molar-refractivity contribution is 0.305. The van der Waals surface area contributed by atoms with E-state index in [9.17, 15) is 4.39 Å². The minimum Gasteiger partial charge on any atom is -0.489 e. The van der Waals surface area contributed by atoms with Crippen LogP contribution in [0.2, 0.25) is 0 Å². The molecule has 0 aromatic heterocycles. The molecule has 3 rings (SSSR count). The van der Waals surface area contributed by atoms with Gasteiger partial charge in [0.15, 0.2) is 0 Å². The predicted octanol–water partition coefficient (Wildman–Crippen LogP) is 5.77. The molecule has 0 aliphatic rings. The van der Waals surface area contributed by atoms with Crippen molar-refractivity contribution in [2.45, 2.75) is 20.5 Å². The highest BCUT2D eigenvalue weighted by Crippen LogP contribution is 2.18. The molecule has 25 heavy (non-hydrogen) atoms. The molecule has 0 amide bonds. The topological polar surface area (TPSA) is 21.6 Å². The molecule has 0 bridgehead atoms. The molecule has 2 nitrogen and oxygen atoms in total. The fourth-order valence-electron chi connectivity index (χ4n) is 2.43. The zero-order chi connectivity index (χ0) is 17.6. The Hall–Kier alpha value is -2.94. The highest BCUT2D eigenvalue weighted by atomic mass is 19.1. The van der Waals surface area contributed by atoms with Crippen LogP contribution in [0.4, 0.5) is 10.1 Å². The van der Waals surface area contributed by atoms with E-state index >= 15 is 0 Å². The summed E-state index contributed by atoms with van der Waals surface area (Å²) < 4.78 is 18.9. The van der Waals surface area contributed by atoms with Gasteiger partial charge in [0.25, 0.3) is 0 Å². The Morgan fingerprint density at radius 3 is 2.56 bits per heavy atom. The van der Waals surface area contributed by atoms with Crippen molar-refractivity contribution in [2.24, 2.45) is 4.99 Å². The molecular weight excluding hydrogens is 313 g/mol. The van der Waals surface area contributed by atoms with Crippen LogP contribution in [0, 0.1) is 19.7 Å². The maximum absolute atomic E-state index is 13.2. The summed E-state index contributed by atoms with van der Waals surface area (Å²) in [5.41, 5.74) is 5.16. The molecule has 0 atom stereocenters. The summed E-state index contributed by atoms with van der Waals surface area (Å²) in [6, 6.07) is 20.3. The van der Waals surface area contributed by atoms with Gasteiger partial charge < -0.3 is 4.74 Å². The van der Waals surface area contributed by atoms with Crippen LogP contribution in [0.5, 0.6) is 5.75 Å². The molecule has 0 saturated heterocycles. The number of aryl methyl sites for hydroxylation is 2. The van der Waals surface area contributed by atoms with Gasteiger partial charge in [0.1, 0.15) is 18.2 Å². The number of nitrogens with zero attached hydrogens (tertiary/aromatic N) is 1. The third-order valence-electron chi connectivity index (χ3n) is 4.01. The van der Waals surface area contributed by atoms with Crippen LogP contribution < -0.4 is 4.74 Å². The van der Waals surface area contributed by atoms with Crippen molar-refractivity contribution in [3.05, 3.63) is 94.8 Å². The first-order valence-electron chi connectivity index (χ1n) is 8.19. The molecule has 0 fully saturated rings. The van der Waals surface area contributed by atoms with Crippen LogP contribution in [0.1, 0.15) is 22.3 Å². The number of halogens is 1. The Balaban J connectivity index is 1.68. The number of hydrogen-bond donors (Lipinski definition) is 0. The van der Waals surface area contributed by atoms with Crippen LogP contribution in [0.15, 0.2) is 71.7 Å². The summed E-state index contributed by atoms with van der Waals surface area (Å²) >= 11 is 0. The molecule has 3 aromatic carbocycles. The van der Waals surface area contributed by atoms with Gasteiger partial charge in [-0.3, -0.25) is 4.99 Å². The highest BCUT2D eigenvalue weighted by molar-refractivity contribution is 5.82. The van der Waals surface area contributed by atoms with Gasteiger partial charge in [-0.05, 0) is 72.5 Å². The second kappa shape index (κ2) is 7.75. The Morgan fingerprint density at radius 1 is 0.920 bits per heavy atom. The molecule has 0 aliphatic carbocycles. The lowest BCUT2D eigenvalue weighted by Crippen LogP contribution is -1.96. The second-order valence-corrected chi connectivity index (χ2v) is 6.02. The number of benzene rings is 3. The molecule has 0 radical (unpaired) electrons. The van der Waals surface area contributed by atoms with Gasteiger partial charge in [0, 0.05) is 6.21 Å². The molecule has 3 heteroatoms. The normalized spacial score (nSPS) is 11.0.